The van der Waals surface area contributed by atoms with Gasteiger partial charge in [-0.1, -0.05) is 56.6 Å². The minimum absolute atomic E-state index is 0.0411. The van der Waals surface area contributed by atoms with Crippen LogP contribution in [-0.4, -0.2) is 34.2 Å². The Hall–Kier alpha value is -3.00. The van der Waals surface area contributed by atoms with E-state index in [-0.39, 0.29) is 30.3 Å². The van der Waals surface area contributed by atoms with E-state index in [1.54, 1.807) is 24.3 Å². The Morgan fingerprint density at radius 1 is 1.14 bits per heavy atom. The predicted molar refractivity (Wildman–Crippen MR) is 125 cm³/mol. The number of benzene rings is 1. The van der Waals surface area contributed by atoms with Gasteiger partial charge in [0.15, 0.2) is 0 Å². The van der Waals surface area contributed by atoms with Gasteiger partial charge in [0.1, 0.15) is 16.5 Å². The number of nitrogens with zero attached hydrogens (tertiary/aromatic N) is 3. The average Bonchev–Trinajstić information content (AvgIpc) is 3.25. The standard InChI is InChI=1S/C24H28F3N5O2S/c1-15(2)12-18(29-21(34)23(24(25,26)27)10-4-3-5-11-23)20(33)30-22-32-31-19(35-22)13-16-6-8-17(14-28)9-7-16/h6-9,15,18H,3-5,10-13H2,1-2H3,(H,29,34)(H,30,32,33)/t18-/m0/s1. The summed E-state index contributed by atoms with van der Waals surface area (Å²) in [6.07, 6.45) is -3.30. The monoisotopic (exact) mass is 507 g/mol. The Labute approximate surface area is 206 Å². The SMILES string of the molecule is CC(C)C[C@H](NC(=O)C1(C(F)(F)F)CCCCC1)C(=O)Nc1nnc(Cc2ccc(C#N)cc2)s1. The zero-order chi connectivity index (χ0) is 25.6. The molecule has 0 radical (unpaired) electrons. The molecule has 0 bridgehead atoms. The number of halogens is 3. The lowest BCUT2D eigenvalue weighted by Gasteiger charge is -2.38. The summed E-state index contributed by atoms with van der Waals surface area (Å²) < 4.78 is 41.8. The van der Waals surface area contributed by atoms with Gasteiger partial charge in [0.05, 0.1) is 11.6 Å². The molecule has 0 saturated heterocycles. The number of hydrogen-bond acceptors (Lipinski definition) is 6. The van der Waals surface area contributed by atoms with Gasteiger partial charge in [-0.25, -0.2) is 0 Å². The number of aromatic nitrogens is 2. The molecule has 2 N–H and O–H groups in total. The van der Waals surface area contributed by atoms with Gasteiger partial charge < -0.3 is 5.32 Å². The van der Waals surface area contributed by atoms with E-state index in [2.05, 4.69) is 20.8 Å². The van der Waals surface area contributed by atoms with Gasteiger partial charge in [0, 0.05) is 6.42 Å². The van der Waals surface area contributed by atoms with Crippen molar-refractivity contribution in [1.29, 1.82) is 5.26 Å². The van der Waals surface area contributed by atoms with E-state index in [1.165, 1.54) is 0 Å². The molecule has 1 aromatic carbocycles. The number of hydrogen-bond donors (Lipinski definition) is 2. The molecule has 1 atom stereocenters. The fourth-order valence-electron chi connectivity index (χ4n) is 4.23. The summed E-state index contributed by atoms with van der Waals surface area (Å²) in [4.78, 5) is 25.9. The van der Waals surface area contributed by atoms with E-state index in [0.717, 1.165) is 16.9 Å². The highest BCUT2D eigenvalue weighted by Gasteiger charge is 2.60. The molecule has 0 unspecified atom stereocenters. The number of alkyl halides is 3. The molecule has 7 nitrogen and oxygen atoms in total. The molecular weight excluding hydrogens is 479 g/mol. The second kappa shape index (κ2) is 11.2. The number of rotatable bonds is 8. The number of nitrogens with one attached hydrogen (secondary N) is 2. The molecule has 2 amide bonds. The second-order valence-electron chi connectivity index (χ2n) is 9.27. The summed E-state index contributed by atoms with van der Waals surface area (Å²) in [7, 11) is 0. The second-order valence-corrected chi connectivity index (χ2v) is 10.3. The van der Waals surface area contributed by atoms with Crippen molar-refractivity contribution < 1.29 is 22.8 Å². The number of anilines is 1. The summed E-state index contributed by atoms with van der Waals surface area (Å²) >= 11 is 1.14. The number of carbonyl (C=O) groups is 2. The molecule has 1 aromatic heterocycles. The van der Waals surface area contributed by atoms with Gasteiger partial charge in [0.2, 0.25) is 16.9 Å². The molecule has 1 aliphatic carbocycles. The Kier molecular flexibility index (Phi) is 8.48. The first kappa shape index (κ1) is 26.6. The molecule has 35 heavy (non-hydrogen) atoms. The largest absolute Gasteiger partial charge is 0.403 e. The van der Waals surface area contributed by atoms with Crippen LogP contribution in [0.25, 0.3) is 0 Å². The molecule has 1 saturated carbocycles. The smallest absolute Gasteiger partial charge is 0.344 e. The molecule has 11 heteroatoms. The average molecular weight is 508 g/mol. The lowest BCUT2D eigenvalue weighted by molar-refractivity contribution is -0.230. The molecule has 0 spiro atoms. The Balaban J connectivity index is 1.70. The van der Waals surface area contributed by atoms with Crippen molar-refractivity contribution in [3.63, 3.8) is 0 Å². The summed E-state index contributed by atoms with van der Waals surface area (Å²) in [5.41, 5.74) is -1.01. The topological polar surface area (TPSA) is 108 Å². The summed E-state index contributed by atoms with van der Waals surface area (Å²) in [6.45, 7) is 3.65. The van der Waals surface area contributed by atoms with Gasteiger partial charge in [-0.15, -0.1) is 10.2 Å². The maximum absolute atomic E-state index is 13.9. The van der Waals surface area contributed by atoms with E-state index in [9.17, 15) is 22.8 Å². The van der Waals surface area contributed by atoms with Crippen molar-refractivity contribution in [3.8, 4) is 6.07 Å². The maximum atomic E-state index is 13.9. The predicted octanol–water partition coefficient (Wildman–Crippen LogP) is 4.98. The van der Waals surface area contributed by atoms with E-state index >= 15 is 0 Å². The fraction of sp³-hybridized carbons (Fsp3) is 0.542. The van der Waals surface area contributed by atoms with Crippen LogP contribution in [0.15, 0.2) is 24.3 Å². The summed E-state index contributed by atoms with van der Waals surface area (Å²) in [5.74, 6) is -1.80. The Morgan fingerprint density at radius 2 is 1.80 bits per heavy atom. The Bertz CT molecular complexity index is 1070. The lowest BCUT2D eigenvalue weighted by Crippen LogP contribution is -2.56. The van der Waals surface area contributed by atoms with Crippen LogP contribution >= 0.6 is 11.3 Å². The van der Waals surface area contributed by atoms with Crippen molar-refractivity contribution in [3.05, 3.63) is 40.4 Å². The van der Waals surface area contributed by atoms with Gasteiger partial charge in [-0.2, -0.15) is 18.4 Å². The van der Waals surface area contributed by atoms with Crippen molar-refractivity contribution >= 4 is 28.3 Å². The van der Waals surface area contributed by atoms with E-state index in [0.29, 0.717) is 36.3 Å². The van der Waals surface area contributed by atoms with Crippen LogP contribution in [0.5, 0.6) is 0 Å². The highest BCUT2D eigenvalue weighted by Crippen LogP contribution is 2.49. The van der Waals surface area contributed by atoms with E-state index in [1.807, 2.05) is 19.9 Å². The van der Waals surface area contributed by atoms with E-state index in [4.69, 9.17) is 5.26 Å². The normalized spacial score (nSPS) is 16.4. The van der Waals surface area contributed by atoms with Crippen molar-refractivity contribution in [2.24, 2.45) is 11.3 Å². The molecule has 1 fully saturated rings. The minimum Gasteiger partial charge on any atom is -0.344 e. The first-order valence-electron chi connectivity index (χ1n) is 11.5. The zero-order valence-corrected chi connectivity index (χ0v) is 20.4. The van der Waals surface area contributed by atoms with E-state index < -0.39 is 29.4 Å². The summed E-state index contributed by atoms with van der Waals surface area (Å²) in [5, 5.41) is 22.7. The van der Waals surface area contributed by atoms with Gasteiger partial charge in [0.25, 0.3) is 0 Å². The third-order valence-electron chi connectivity index (χ3n) is 6.15. The van der Waals surface area contributed by atoms with Gasteiger partial charge in [-0.05, 0) is 42.9 Å². The van der Waals surface area contributed by atoms with Crippen LogP contribution in [0.4, 0.5) is 18.3 Å². The molecule has 3 rings (SSSR count). The quantitative estimate of drug-likeness (QED) is 0.524. The first-order valence-corrected chi connectivity index (χ1v) is 12.4. The van der Waals surface area contributed by atoms with Gasteiger partial charge >= 0.3 is 6.18 Å². The highest BCUT2D eigenvalue weighted by molar-refractivity contribution is 7.15. The first-order chi connectivity index (χ1) is 16.5. The molecule has 188 valence electrons. The number of carbonyl (C=O) groups excluding carboxylic acids is 2. The minimum atomic E-state index is -4.68. The van der Waals surface area contributed by atoms with Crippen LogP contribution in [0.2, 0.25) is 0 Å². The van der Waals surface area contributed by atoms with Crippen LogP contribution in [0.3, 0.4) is 0 Å². The molecular formula is C24H28F3N5O2S. The van der Waals surface area contributed by atoms with Crippen LogP contribution in [0, 0.1) is 22.7 Å². The zero-order valence-electron chi connectivity index (χ0n) is 19.6. The maximum Gasteiger partial charge on any atom is 0.403 e. The fourth-order valence-corrected chi connectivity index (χ4v) is 5.01. The highest BCUT2D eigenvalue weighted by atomic mass is 32.1. The molecule has 0 aliphatic heterocycles. The van der Waals surface area contributed by atoms with Gasteiger partial charge in [-0.3, -0.25) is 14.9 Å². The number of nitriles is 1. The van der Waals surface area contributed by atoms with Crippen molar-refractivity contribution in [2.75, 3.05) is 5.32 Å². The molecule has 1 aliphatic rings. The van der Waals surface area contributed by atoms with Crippen LogP contribution in [0.1, 0.15) is 68.5 Å². The molecule has 1 heterocycles. The van der Waals surface area contributed by atoms with Crippen LogP contribution in [-0.2, 0) is 16.0 Å². The third kappa shape index (κ3) is 6.57. The number of amides is 2. The third-order valence-corrected chi connectivity index (χ3v) is 6.99. The van der Waals surface area contributed by atoms with Crippen LogP contribution < -0.4 is 10.6 Å². The lowest BCUT2D eigenvalue weighted by atomic mass is 9.72. The van der Waals surface area contributed by atoms with Crippen molar-refractivity contribution in [1.82, 2.24) is 15.5 Å². The van der Waals surface area contributed by atoms with Crippen molar-refractivity contribution in [2.45, 2.75) is 71.0 Å². The Morgan fingerprint density at radius 3 is 2.37 bits per heavy atom. The summed E-state index contributed by atoms with van der Waals surface area (Å²) in [6, 6.07) is 7.90. The molecule has 2 aromatic rings.